The van der Waals surface area contributed by atoms with Crippen molar-refractivity contribution in [3.8, 4) is 21.9 Å². The van der Waals surface area contributed by atoms with E-state index in [2.05, 4.69) is 10.3 Å². The molecule has 7 nitrogen and oxygen atoms in total. The molecule has 1 aliphatic heterocycles. The Morgan fingerprint density at radius 3 is 2.88 bits per heavy atom. The van der Waals surface area contributed by atoms with Crippen LogP contribution in [0.3, 0.4) is 0 Å². The molecule has 32 heavy (non-hydrogen) atoms. The van der Waals surface area contributed by atoms with Crippen LogP contribution in [0.15, 0.2) is 65.7 Å². The van der Waals surface area contributed by atoms with Crippen molar-refractivity contribution < 1.29 is 14.3 Å². The van der Waals surface area contributed by atoms with Gasteiger partial charge in [-0.05, 0) is 42.0 Å². The number of benzene rings is 2. The molecule has 1 aliphatic rings. The van der Waals surface area contributed by atoms with Gasteiger partial charge >= 0.3 is 0 Å². The van der Waals surface area contributed by atoms with Crippen LogP contribution in [-0.2, 0) is 11.3 Å². The topological polar surface area (TPSA) is 82.5 Å². The van der Waals surface area contributed by atoms with Crippen molar-refractivity contribution in [2.45, 2.75) is 19.0 Å². The zero-order valence-electron chi connectivity index (χ0n) is 17.4. The Hall–Kier alpha value is -3.65. The summed E-state index contributed by atoms with van der Waals surface area (Å²) >= 11 is 1.37. The number of aromatic nitrogens is 2. The lowest BCUT2D eigenvalue weighted by atomic mass is 10.0. The van der Waals surface area contributed by atoms with Crippen LogP contribution < -0.4 is 20.3 Å². The normalized spacial score (nSPS) is 15.1. The Kier molecular flexibility index (Phi) is 5.36. The summed E-state index contributed by atoms with van der Waals surface area (Å²) in [6, 6.07) is 17.1. The second-order valence-corrected chi connectivity index (χ2v) is 8.58. The number of fused-ring (bicyclic) bond motifs is 2. The summed E-state index contributed by atoms with van der Waals surface area (Å²) in [6.07, 6.45) is 2.12. The predicted octanol–water partition coefficient (Wildman–Crippen LogP) is 3.77. The maximum absolute atomic E-state index is 13.0. The van der Waals surface area contributed by atoms with Crippen molar-refractivity contribution in [3.05, 3.63) is 76.8 Å². The van der Waals surface area contributed by atoms with Crippen LogP contribution in [0.4, 0.5) is 0 Å². The smallest absolute Gasteiger partial charge is 0.271 e. The minimum atomic E-state index is -0.234. The fourth-order valence-electron chi connectivity index (χ4n) is 3.84. The molecule has 1 N–H and O–H groups in total. The van der Waals surface area contributed by atoms with Gasteiger partial charge in [-0.25, -0.2) is 4.98 Å². The summed E-state index contributed by atoms with van der Waals surface area (Å²) in [7, 11) is 1.62. The number of ether oxygens (including phenoxy) is 2. The molecule has 0 bridgehead atoms. The van der Waals surface area contributed by atoms with E-state index in [1.807, 2.05) is 54.6 Å². The van der Waals surface area contributed by atoms with Crippen LogP contribution in [0, 0.1) is 0 Å². The molecule has 0 fully saturated rings. The van der Waals surface area contributed by atoms with Crippen LogP contribution in [0.1, 0.15) is 18.0 Å². The first-order valence-electron chi connectivity index (χ1n) is 10.3. The van der Waals surface area contributed by atoms with Crippen LogP contribution in [0.25, 0.3) is 20.7 Å². The van der Waals surface area contributed by atoms with Gasteiger partial charge in [-0.1, -0.05) is 18.2 Å². The highest BCUT2D eigenvalue weighted by atomic mass is 32.1. The molecule has 2 aromatic heterocycles. The summed E-state index contributed by atoms with van der Waals surface area (Å²) < 4.78 is 12.7. The Bertz CT molecular complexity index is 1340. The van der Waals surface area contributed by atoms with Gasteiger partial charge in [-0.15, -0.1) is 11.3 Å². The second-order valence-electron chi connectivity index (χ2n) is 7.53. The van der Waals surface area contributed by atoms with Crippen molar-refractivity contribution in [1.29, 1.82) is 0 Å². The molecule has 5 rings (SSSR count). The van der Waals surface area contributed by atoms with Gasteiger partial charge < -0.3 is 14.8 Å². The van der Waals surface area contributed by atoms with Crippen molar-refractivity contribution in [3.63, 3.8) is 0 Å². The number of hydrogen-bond donors (Lipinski definition) is 1. The molecule has 0 spiro atoms. The zero-order chi connectivity index (χ0) is 22.1. The molecule has 1 atom stereocenters. The fraction of sp³-hybridized carbons (Fsp3) is 0.208. The lowest BCUT2D eigenvalue weighted by Gasteiger charge is -2.26. The first-order chi connectivity index (χ1) is 15.6. The van der Waals surface area contributed by atoms with Crippen molar-refractivity contribution in [2.75, 3.05) is 13.7 Å². The highest BCUT2D eigenvalue weighted by Crippen LogP contribution is 2.32. The van der Waals surface area contributed by atoms with Crippen molar-refractivity contribution in [2.24, 2.45) is 0 Å². The summed E-state index contributed by atoms with van der Waals surface area (Å²) in [5, 5.41) is 3.03. The monoisotopic (exact) mass is 447 g/mol. The van der Waals surface area contributed by atoms with E-state index in [9.17, 15) is 9.59 Å². The van der Waals surface area contributed by atoms with Gasteiger partial charge in [-0.2, -0.15) is 0 Å². The minimum absolute atomic E-state index is 0.0862. The van der Waals surface area contributed by atoms with E-state index in [4.69, 9.17) is 9.47 Å². The molecular formula is C24H21N3O4S. The third-order valence-electron chi connectivity index (χ3n) is 5.49. The molecule has 1 amide bonds. The number of carbonyl (C=O) groups is 1. The van der Waals surface area contributed by atoms with Crippen molar-refractivity contribution in [1.82, 2.24) is 14.9 Å². The molecule has 162 valence electrons. The number of thiophene rings is 1. The van der Waals surface area contributed by atoms with Crippen molar-refractivity contribution >= 4 is 27.5 Å². The third-order valence-corrected chi connectivity index (χ3v) is 6.65. The average Bonchev–Trinajstić information content (AvgIpc) is 3.26. The summed E-state index contributed by atoms with van der Waals surface area (Å²) in [4.78, 5) is 31.1. The van der Waals surface area contributed by atoms with Crippen LogP contribution in [0.2, 0.25) is 0 Å². The Balaban J connectivity index is 1.36. The average molecular weight is 448 g/mol. The molecule has 0 aliphatic carbocycles. The van der Waals surface area contributed by atoms with Gasteiger partial charge in [-0.3, -0.25) is 14.2 Å². The van der Waals surface area contributed by atoms with Crippen LogP contribution in [0.5, 0.6) is 11.5 Å². The Morgan fingerprint density at radius 2 is 2.06 bits per heavy atom. The number of para-hydroxylation sites is 1. The summed E-state index contributed by atoms with van der Waals surface area (Å²) in [5.41, 5.74) is 2.34. The van der Waals surface area contributed by atoms with E-state index in [0.717, 1.165) is 27.5 Å². The second kappa shape index (κ2) is 8.47. The number of nitrogens with zero attached hydrogens (tertiary/aromatic N) is 2. The van der Waals surface area contributed by atoms with Gasteiger partial charge in [0.2, 0.25) is 5.91 Å². The maximum Gasteiger partial charge on any atom is 0.271 e. The van der Waals surface area contributed by atoms with E-state index in [-0.39, 0.29) is 24.1 Å². The van der Waals surface area contributed by atoms with Crippen LogP contribution in [-0.4, -0.2) is 29.2 Å². The van der Waals surface area contributed by atoms with Gasteiger partial charge in [0.15, 0.2) is 0 Å². The molecule has 4 aromatic rings. The number of methoxy groups -OCH3 is 1. The first kappa shape index (κ1) is 20.3. The lowest BCUT2D eigenvalue weighted by molar-refractivity contribution is -0.122. The molecule has 3 heterocycles. The molecule has 0 radical (unpaired) electrons. The van der Waals surface area contributed by atoms with Crippen LogP contribution >= 0.6 is 11.3 Å². The summed E-state index contributed by atoms with van der Waals surface area (Å²) in [5.74, 6) is 1.32. The van der Waals surface area contributed by atoms with E-state index in [1.165, 1.54) is 22.2 Å². The molecule has 0 saturated carbocycles. The number of hydrogen-bond acceptors (Lipinski definition) is 6. The Morgan fingerprint density at radius 1 is 1.25 bits per heavy atom. The fourth-order valence-corrected chi connectivity index (χ4v) is 4.91. The highest BCUT2D eigenvalue weighted by molar-refractivity contribution is 7.22. The number of nitrogens with one attached hydrogen (secondary N) is 1. The van der Waals surface area contributed by atoms with Gasteiger partial charge in [0.25, 0.3) is 5.56 Å². The van der Waals surface area contributed by atoms with Gasteiger partial charge in [0, 0.05) is 16.9 Å². The molecular weight excluding hydrogens is 426 g/mol. The SMILES string of the molecule is COc1ccc(-c2cc3ncn(CC(=O)NC4CCOc5ccccc54)c(=O)c3s2)cc1. The maximum atomic E-state index is 13.0. The predicted molar refractivity (Wildman–Crippen MR) is 123 cm³/mol. The standard InChI is InChI=1S/C24H21N3O4S/c1-30-16-8-6-15(7-9-16)21-12-19-23(32-21)24(29)27(14-25-19)13-22(28)26-18-10-11-31-20-5-3-2-4-17(18)20/h2-9,12,14,18H,10-11,13H2,1H3,(H,26,28). The third kappa shape index (κ3) is 3.85. The van der Waals surface area contributed by atoms with E-state index >= 15 is 0 Å². The minimum Gasteiger partial charge on any atom is -0.497 e. The molecule has 8 heteroatoms. The molecule has 1 unspecified atom stereocenters. The van der Waals surface area contributed by atoms with E-state index in [1.54, 1.807) is 7.11 Å². The van der Waals surface area contributed by atoms with E-state index in [0.29, 0.717) is 23.2 Å². The van der Waals surface area contributed by atoms with Gasteiger partial charge in [0.1, 0.15) is 22.7 Å². The number of rotatable bonds is 5. The summed E-state index contributed by atoms with van der Waals surface area (Å²) in [6.45, 7) is 0.454. The number of amides is 1. The number of carbonyl (C=O) groups excluding carboxylic acids is 1. The first-order valence-corrected chi connectivity index (χ1v) is 11.1. The molecule has 2 aromatic carbocycles. The highest BCUT2D eigenvalue weighted by Gasteiger charge is 2.23. The lowest BCUT2D eigenvalue weighted by Crippen LogP contribution is -2.36. The zero-order valence-corrected chi connectivity index (χ0v) is 18.2. The largest absolute Gasteiger partial charge is 0.497 e. The molecule has 0 saturated heterocycles. The quantitative estimate of drug-likeness (QED) is 0.504. The van der Waals surface area contributed by atoms with E-state index < -0.39 is 0 Å². The Labute approximate surface area is 188 Å². The van der Waals surface area contributed by atoms with Gasteiger partial charge in [0.05, 0.1) is 31.6 Å².